The van der Waals surface area contributed by atoms with Crippen LogP contribution < -0.4 is 26.2 Å². The second-order valence-corrected chi connectivity index (χ2v) is 22.0. The van der Waals surface area contributed by atoms with E-state index in [1.54, 1.807) is 0 Å². The Morgan fingerprint density at radius 1 is 0.229 bits per heavy atom. The zero-order valence-electron chi connectivity index (χ0n) is 45.3. The SMILES string of the molecule is c1ccc(-c2ccc(N3c4cc(-n5c6ccccc6c6ccccc65)cc5c4B(c4cc(-c6ccccc6)ccc4N5c4cccc(-c5ccccc5)c4)c4ccc5c(c43)c3ccccc3n5-c3cccc(-c4ccccc4)c3)cc2)cc1. The fourth-order valence-corrected chi connectivity index (χ4v) is 13.8. The quantitative estimate of drug-likeness (QED) is 0.141. The van der Waals surface area contributed by atoms with Gasteiger partial charge in [0, 0.05) is 55.7 Å². The third-order valence-corrected chi connectivity index (χ3v) is 17.4. The molecule has 13 aromatic carbocycles. The van der Waals surface area contributed by atoms with Crippen molar-refractivity contribution in [2.24, 2.45) is 0 Å². The molecule has 17 rings (SSSR count). The molecule has 0 bridgehead atoms. The van der Waals surface area contributed by atoms with Gasteiger partial charge in [-0.1, -0.05) is 231 Å². The van der Waals surface area contributed by atoms with E-state index in [4.69, 9.17) is 0 Å². The number of benzene rings is 13. The van der Waals surface area contributed by atoms with Crippen LogP contribution in [0.25, 0.3) is 99.5 Å². The Labute approximate surface area is 482 Å². The molecule has 0 amide bonds. The van der Waals surface area contributed by atoms with Crippen LogP contribution in [-0.4, -0.2) is 15.8 Å². The van der Waals surface area contributed by atoms with E-state index in [0.29, 0.717) is 0 Å². The van der Waals surface area contributed by atoms with Crippen LogP contribution in [0.15, 0.2) is 309 Å². The molecule has 0 saturated heterocycles. The predicted octanol–water partition coefficient (Wildman–Crippen LogP) is 18.6. The number of aromatic nitrogens is 2. The third-order valence-electron chi connectivity index (χ3n) is 17.4. The molecule has 0 radical (unpaired) electrons. The number of para-hydroxylation sites is 3. The Balaban J connectivity index is 1.02. The fourth-order valence-electron chi connectivity index (χ4n) is 13.8. The number of nitrogens with zero attached hydrogens (tertiary/aromatic N) is 4. The van der Waals surface area contributed by atoms with E-state index in [9.17, 15) is 0 Å². The first kappa shape index (κ1) is 47.0. The highest BCUT2D eigenvalue weighted by atomic mass is 15.2. The molecule has 4 heterocycles. The molecule has 15 aromatic rings. The second-order valence-electron chi connectivity index (χ2n) is 22.0. The van der Waals surface area contributed by atoms with Crippen molar-refractivity contribution in [2.75, 3.05) is 9.80 Å². The molecule has 4 nitrogen and oxygen atoms in total. The van der Waals surface area contributed by atoms with Gasteiger partial charge in [0.2, 0.25) is 0 Å². The topological polar surface area (TPSA) is 16.3 Å². The van der Waals surface area contributed by atoms with Crippen molar-refractivity contribution >= 4 is 101 Å². The monoisotopic (exact) mass is 1050 g/mol. The summed E-state index contributed by atoms with van der Waals surface area (Å²) in [5.41, 5.74) is 26.9. The Kier molecular flexibility index (Phi) is 10.7. The molecule has 5 heteroatoms. The Bertz CT molecular complexity index is 4970. The van der Waals surface area contributed by atoms with Crippen molar-refractivity contribution in [2.45, 2.75) is 0 Å². The van der Waals surface area contributed by atoms with Gasteiger partial charge in [-0.05, 0) is 140 Å². The van der Waals surface area contributed by atoms with Gasteiger partial charge in [0.25, 0.3) is 6.71 Å². The first-order chi connectivity index (χ1) is 41.2. The highest BCUT2D eigenvalue weighted by Gasteiger charge is 2.45. The van der Waals surface area contributed by atoms with Crippen molar-refractivity contribution < 1.29 is 0 Å². The molecule has 0 saturated carbocycles. The molecule has 2 aliphatic rings. The maximum Gasteiger partial charge on any atom is 0.252 e. The summed E-state index contributed by atoms with van der Waals surface area (Å²) in [4.78, 5) is 5.19. The summed E-state index contributed by atoms with van der Waals surface area (Å²) < 4.78 is 4.99. The standard InChI is InChI=1S/C78H51BN4/c1-5-21-52(22-6-1)56-39-42-60(43-40-56)83-75-51-63(82-69-36-16-13-33-64(69)65-34-14-17-37-70(65)82)50-74-77(75)79(68-49-59(55-27-11-4-12-28-55)41-45-72(68)81(74)62-32-20-30-58(48-62)54-25-9-3-10-26-54)67-44-46-73-76(78(67)83)66-35-15-18-38-71(66)80(73)61-31-19-29-57(47-61)53-23-7-2-8-24-53/h1-51H. The van der Waals surface area contributed by atoms with Gasteiger partial charge in [0.05, 0.1) is 33.4 Å². The maximum atomic E-state index is 2.63. The van der Waals surface area contributed by atoms with E-state index in [0.717, 1.165) is 61.9 Å². The van der Waals surface area contributed by atoms with Crippen LogP contribution in [0.2, 0.25) is 0 Å². The van der Waals surface area contributed by atoms with Gasteiger partial charge in [-0.2, -0.15) is 0 Å². The molecular formula is C78H51BN4. The summed E-state index contributed by atoms with van der Waals surface area (Å²) in [5, 5.41) is 4.86. The van der Waals surface area contributed by atoms with Crippen LogP contribution in [0.1, 0.15) is 0 Å². The lowest BCUT2D eigenvalue weighted by Gasteiger charge is -2.45. The van der Waals surface area contributed by atoms with Crippen LogP contribution in [0.4, 0.5) is 34.1 Å². The fraction of sp³-hybridized carbons (Fsp3) is 0. The summed E-state index contributed by atoms with van der Waals surface area (Å²) in [6, 6.07) is 115. The van der Waals surface area contributed by atoms with Crippen molar-refractivity contribution in [3.05, 3.63) is 309 Å². The summed E-state index contributed by atoms with van der Waals surface area (Å²) in [7, 11) is 0. The van der Waals surface area contributed by atoms with E-state index in [-0.39, 0.29) is 6.71 Å². The highest BCUT2D eigenvalue weighted by molar-refractivity contribution is 7.00. The normalized spacial score (nSPS) is 12.5. The van der Waals surface area contributed by atoms with Gasteiger partial charge in [-0.25, -0.2) is 0 Å². The van der Waals surface area contributed by atoms with Crippen LogP contribution in [0, 0.1) is 0 Å². The van der Waals surface area contributed by atoms with Gasteiger partial charge in [-0.3, -0.25) is 0 Å². The lowest BCUT2D eigenvalue weighted by Crippen LogP contribution is -2.61. The second kappa shape index (κ2) is 18.9. The van der Waals surface area contributed by atoms with E-state index < -0.39 is 0 Å². The van der Waals surface area contributed by atoms with Crippen molar-refractivity contribution in [1.82, 2.24) is 9.13 Å². The van der Waals surface area contributed by atoms with E-state index in [1.807, 2.05) is 0 Å². The molecule has 2 aliphatic heterocycles. The molecule has 0 spiro atoms. The van der Waals surface area contributed by atoms with E-state index in [2.05, 4.69) is 328 Å². The van der Waals surface area contributed by atoms with Gasteiger partial charge in [0.1, 0.15) is 0 Å². The summed E-state index contributed by atoms with van der Waals surface area (Å²) in [5.74, 6) is 0. The summed E-state index contributed by atoms with van der Waals surface area (Å²) >= 11 is 0. The Hall–Kier alpha value is -10.9. The highest BCUT2D eigenvalue weighted by Crippen LogP contribution is 2.50. The molecule has 386 valence electrons. The van der Waals surface area contributed by atoms with Crippen molar-refractivity contribution in [3.63, 3.8) is 0 Å². The summed E-state index contributed by atoms with van der Waals surface area (Å²) in [6.07, 6.45) is 0. The van der Waals surface area contributed by atoms with Gasteiger partial charge < -0.3 is 18.9 Å². The molecule has 83 heavy (non-hydrogen) atoms. The minimum atomic E-state index is -0.165. The minimum Gasteiger partial charge on any atom is -0.311 e. The molecule has 0 N–H and O–H groups in total. The number of hydrogen-bond acceptors (Lipinski definition) is 2. The largest absolute Gasteiger partial charge is 0.311 e. The maximum absolute atomic E-state index is 2.63. The zero-order valence-corrected chi connectivity index (χ0v) is 45.3. The molecule has 0 unspecified atom stereocenters. The molecule has 2 aromatic heterocycles. The predicted molar refractivity (Wildman–Crippen MR) is 351 cm³/mol. The van der Waals surface area contributed by atoms with Gasteiger partial charge >= 0.3 is 0 Å². The molecule has 0 aliphatic carbocycles. The zero-order chi connectivity index (χ0) is 54.5. The number of hydrogen-bond donors (Lipinski definition) is 0. The smallest absolute Gasteiger partial charge is 0.252 e. The van der Waals surface area contributed by atoms with Crippen molar-refractivity contribution in [3.8, 4) is 55.9 Å². The van der Waals surface area contributed by atoms with Gasteiger partial charge in [0.15, 0.2) is 0 Å². The molecule has 0 atom stereocenters. The lowest BCUT2D eigenvalue weighted by atomic mass is 9.33. The van der Waals surface area contributed by atoms with Crippen LogP contribution in [0.3, 0.4) is 0 Å². The number of fused-ring (bicyclic) bond motifs is 11. The van der Waals surface area contributed by atoms with E-state index in [1.165, 1.54) is 88.1 Å². The Morgan fingerprint density at radius 3 is 1.25 bits per heavy atom. The number of anilines is 6. The molecule has 0 fully saturated rings. The third kappa shape index (κ3) is 7.41. The summed E-state index contributed by atoms with van der Waals surface area (Å²) in [6.45, 7) is -0.165. The van der Waals surface area contributed by atoms with E-state index >= 15 is 0 Å². The van der Waals surface area contributed by atoms with Crippen LogP contribution in [-0.2, 0) is 0 Å². The lowest BCUT2D eigenvalue weighted by molar-refractivity contribution is 1.16. The number of rotatable bonds is 8. The molecular weight excluding hydrogens is 1000 g/mol. The van der Waals surface area contributed by atoms with Gasteiger partial charge in [-0.15, -0.1) is 0 Å². The first-order valence-corrected chi connectivity index (χ1v) is 28.7. The average Bonchev–Trinajstić information content (AvgIpc) is 1.86. The van der Waals surface area contributed by atoms with Crippen LogP contribution in [0.5, 0.6) is 0 Å². The Morgan fingerprint density at radius 2 is 0.663 bits per heavy atom. The minimum absolute atomic E-state index is 0.165. The van der Waals surface area contributed by atoms with Crippen molar-refractivity contribution in [1.29, 1.82) is 0 Å². The first-order valence-electron chi connectivity index (χ1n) is 28.7. The average molecular weight is 1060 g/mol. The van der Waals surface area contributed by atoms with Crippen LogP contribution >= 0.6 is 0 Å².